The zero-order chi connectivity index (χ0) is 21.2. The molecule has 168 valence electrons. The first kappa shape index (κ1) is 24.8. The molecule has 2 aromatic carbocycles. The highest BCUT2D eigenvalue weighted by atomic mass is 127. The molecule has 0 radical (unpaired) electrons. The first-order valence-corrected chi connectivity index (χ1v) is 10.2. The summed E-state index contributed by atoms with van der Waals surface area (Å²) in [5.74, 6) is 2.57. The van der Waals surface area contributed by atoms with Crippen LogP contribution in [-0.2, 0) is 17.9 Å². The topological polar surface area (TPSA) is 75.2 Å². The maximum Gasteiger partial charge on any atom is 0.222 e. The van der Waals surface area contributed by atoms with Crippen LogP contribution in [-0.4, -0.2) is 50.6 Å². The van der Waals surface area contributed by atoms with Crippen LogP contribution in [0, 0.1) is 0 Å². The molecule has 2 aromatic rings. The quantitative estimate of drug-likeness (QED) is 0.222. The summed E-state index contributed by atoms with van der Waals surface area (Å²) in [6.45, 7) is 3.34. The highest BCUT2D eigenvalue weighted by Crippen LogP contribution is 2.17. The molecule has 1 aliphatic rings. The first-order valence-electron chi connectivity index (χ1n) is 10.2. The average molecular weight is 538 g/mol. The molecule has 2 N–H and O–H groups in total. The number of amides is 1. The number of methoxy groups -OCH3 is 1. The second-order valence-corrected chi connectivity index (χ2v) is 7.12. The van der Waals surface area contributed by atoms with E-state index in [2.05, 4.69) is 33.8 Å². The van der Waals surface area contributed by atoms with Crippen LogP contribution >= 0.6 is 24.0 Å². The van der Waals surface area contributed by atoms with Crippen molar-refractivity contribution in [3.63, 3.8) is 0 Å². The Kier molecular flexibility index (Phi) is 10.4. The Bertz CT molecular complexity index is 858. The molecule has 1 aliphatic heterocycles. The number of ether oxygens (including phenoxy) is 2. The monoisotopic (exact) mass is 538 g/mol. The number of carbonyl (C=O) groups excluding carboxylic acids is 1. The summed E-state index contributed by atoms with van der Waals surface area (Å²) in [7, 11) is 3.39. The number of halogens is 1. The van der Waals surface area contributed by atoms with E-state index < -0.39 is 0 Å². The third-order valence-electron chi connectivity index (χ3n) is 4.94. The third kappa shape index (κ3) is 7.93. The van der Waals surface area contributed by atoms with Gasteiger partial charge in [0.25, 0.3) is 0 Å². The minimum absolute atomic E-state index is 0. The first-order chi connectivity index (χ1) is 14.7. The van der Waals surface area contributed by atoms with Crippen molar-refractivity contribution in [1.29, 1.82) is 0 Å². The minimum Gasteiger partial charge on any atom is -0.497 e. The lowest BCUT2D eigenvalue weighted by Gasteiger charge is -2.16. The van der Waals surface area contributed by atoms with E-state index in [-0.39, 0.29) is 29.9 Å². The zero-order valence-electron chi connectivity index (χ0n) is 18.1. The summed E-state index contributed by atoms with van der Waals surface area (Å²) >= 11 is 0. The maximum atomic E-state index is 11.8. The van der Waals surface area contributed by atoms with Gasteiger partial charge in [-0.15, -0.1) is 24.0 Å². The molecule has 0 saturated carbocycles. The molecule has 0 bridgehead atoms. The Morgan fingerprint density at radius 2 is 1.84 bits per heavy atom. The van der Waals surface area contributed by atoms with Crippen LogP contribution < -0.4 is 20.1 Å². The van der Waals surface area contributed by atoms with E-state index in [0.717, 1.165) is 35.6 Å². The van der Waals surface area contributed by atoms with E-state index in [0.29, 0.717) is 38.6 Å². The number of likely N-dealkylation sites (tertiary alicyclic amines) is 1. The lowest BCUT2D eigenvalue weighted by atomic mass is 10.1. The van der Waals surface area contributed by atoms with Crippen molar-refractivity contribution >= 4 is 35.8 Å². The van der Waals surface area contributed by atoms with Gasteiger partial charge in [0, 0.05) is 33.1 Å². The Hall–Kier alpha value is -2.49. The van der Waals surface area contributed by atoms with Crippen LogP contribution in [0.25, 0.3) is 0 Å². The largest absolute Gasteiger partial charge is 0.497 e. The van der Waals surface area contributed by atoms with E-state index in [1.165, 1.54) is 0 Å². The number of aliphatic imine (C=N–C) groups is 1. The SMILES string of the molecule is CN=C(NCCOc1ccc(OC)cc1)NCc1cccc(CN2CCCC2=O)c1.I. The smallest absolute Gasteiger partial charge is 0.222 e. The van der Waals surface area contributed by atoms with Crippen LogP contribution in [0.4, 0.5) is 0 Å². The maximum absolute atomic E-state index is 11.8. The molecule has 1 saturated heterocycles. The molecule has 1 heterocycles. The number of benzene rings is 2. The summed E-state index contributed by atoms with van der Waals surface area (Å²) in [6.07, 6.45) is 1.63. The molecule has 3 rings (SSSR count). The molecule has 1 fully saturated rings. The van der Waals surface area contributed by atoms with Gasteiger partial charge in [0.1, 0.15) is 18.1 Å². The summed E-state index contributed by atoms with van der Waals surface area (Å²) in [5.41, 5.74) is 2.30. The summed E-state index contributed by atoms with van der Waals surface area (Å²) in [5, 5.41) is 6.56. The predicted octanol–water partition coefficient (Wildman–Crippen LogP) is 3.18. The van der Waals surface area contributed by atoms with Crippen LogP contribution in [0.15, 0.2) is 53.5 Å². The van der Waals surface area contributed by atoms with Gasteiger partial charge in [-0.1, -0.05) is 24.3 Å². The van der Waals surface area contributed by atoms with Gasteiger partial charge in [-0.25, -0.2) is 0 Å². The zero-order valence-corrected chi connectivity index (χ0v) is 20.4. The fourth-order valence-corrected chi connectivity index (χ4v) is 3.35. The number of carbonyl (C=O) groups is 1. The van der Waals surface area contributed by atoms with Crippen molar-refractivity contribution in [3.8, 4) is 11.5 Å². The molecule has 7 nitrogen and oxygen atoms in total. The van der Waals surface area contributed by atoms with Crippen molar-refractivity contribution in [3.05, 3.63) is 59.7 Å². The molecular formula is C23H31IN4O3. The summed E-state index contributed by atoms with van der Waals surface area (Å²) in [6, 6.07) is 15.8. The van der Waals surface area contributed by atoms with Gasteiger partial charge < -0.3 is 25.0 Å². The van der Waals surface area contributed by atoms with Gasteiger partial charge in [-0.2, -0.15) is 0 Å². The van der Waals surface area contributed by atoms with Gasteiger partial charge in [-0.05, 0) is 41.8 Å². The molecule has 1 amide bonds. The summed E-state index contributed by atoms with van der Waals surface area (Å²) < 4.78 is 10.9. The van der Waals surface area contributed by atoms with E-state index >= 15 is 0 Å². The summed E-state index contributed by atoms with van der Waals surface area (Å²) in [4.78, 5) is 18.0. The average Bonchev–Trinajstić information content (AvgIpc) is 3.18. The third-order valence-corrected chi connectivity index (χ3v) is 4.94. The number of rotatable bonds is 9. The van der Waals surface area contributed by atoms with Crippen LogP contribution in [0.2, 0.25) is 0 Å². The molecule has 0 spiro atoms. The van der Waals surface area contributed by atoms with Crippen molar-refractivity contribution in [2.24, 2.45) is 4.99 Å². The molecule has 31 heavy (non-hydrogen) atoms. The normalized spacial score (nSPS) is 13.5. The van der Waals surface area contributed by atoms with Crippen molar-refractivity contribution in [2.45, 2.75) is 25.9 Å². The Balaban J connectivity index is 0.00000341. The van der Waals surface area contributed by atoms with Crippen molar-refractivity contribution in [1.82, 2.24) is 15.5 Å². The van der Waals surface area contributed by atoms with Crippen LogP contribution in [0.5, 0.6) is 11.5 Å². The van der Waals surface area contributed by atoms with E-state index in [1.807, 2.05) is 35.2 Å². The predicted molar refractivity (Wildman–Crippen MR) is 133 cm³/mol. The van der Waals surface area contributed by atoms with Crippen molar-refractivity contribution < 1.29 is 14.3 Å². The fraction of sp³-hybridized carbons (Fsp3) is 0.391. The Morgan fingerprint density at radius 1 is 1.10 bits per heavy atom. The Labute approximate surface area is 201 Å². The van der Waals surface area contributed by atoms with E-state index in [4.69, 9.17) is 9.47 Å². The van der Waals surface area contributed by atoms with Gasteiger partial charge >= 0.3 is 0 Å². The highest BCUT2D eigenvalue weighted by Gasteiger charge is 2.19. The fourth-order valence-electron chi connectivity index (χ4n) is 3.35. The molecule has 0 aliphatic carbocycles. The van der Waals surface area contributed by atoms with Gasteiger partial charge in [0.15, 0.2) is 5.96 Å². The number of nitrogens with one attached hydrogen (secondary N) is 2. The number of hydrogen-bond donors (Lipinski definition) is 2. The lowest BCUT2D eigenvalue weighted by Crippen LogP contribution is -2.38. The second-order valence-electron chi connectivity index (χ2n) is 7.12. The van der Waals surface area contributed by atoms with Crippen LogP contribution in [0.3, 0.4) is 0 Å². The number of hydrogen-bond acceptors (Lipinski definition) is 4. The Morgan fingerprint density at radius 3 is 2.52 bits per heavy atom. The molecule has 0 aromatic heterocycles. The molecule has 0 atom stereocenters. The lowest BCUT2D eigenvalue weighted by molar-refractivity contribution is -0.128. The second kappa shape index (κ2) is 13.0. The minimum atomic E-state index is 0. The molecule has 8 heteroatoms. The standard InChI is InChI=1S/C23H30N4O3.HI/c1-24-23(25-12-14-30-21-10-8-20(29-2)9-11-21)26-16-18-5-3-6-19(15-18)17-27-13-4-7-22(27)28;/h3,5-6,8-11,15H,4,7,12-14,16-17H2,1-2H3,(H2,24,25,26);1H. The van der Waals surface area contributed by atoms with Gasteiger partial charge in [0.2, 0.25) is 5.91 Å². The van der Waals surface area contributed by atoms with Crippen LogP contribution in [0.1, 0.15) is 24.0 Å². The van der Waals surface area contributed by atoms with Gasteiger partial charge in [0.05, 0.1) is 13.7 Å². The van der Waals surface area contributed by atoms with Gasteiger partial charge in [-0.3, -0.25) is 9.79 Å². The number of guanidine groups is 1. The van der Waals surface area contributed by atoms with E-state index in [1.54, 1.807) is 14.2 Å². The molecular weight excluding hydrogens is 507 g/mol. The molecule has 0 unspecified atom stereocenters. The highest BCUT2D eigenvalue weighted by molar-refractivity contribution is 14.0. The number of nitrogens with zero attached hydrogens (tertiary/aromatic N) is 2. The van der Waals surface area contributed by atoms with E-state index in [9.17, 15) is 4.79 Å². The van der Waals surface area contributed by atoms with Crippen molar-refractivity contribution in [2.75, 3.05) is 33.9 Å².